The number of non-ortho nitro benzene ring substituents is 1. The molecule has 0 bridgehead atoms. The molecule has 3 aliphatic heterocycles. The molecule has 0 radical (unpaired) electrons. The summed E-state index contributed by atoms with van der Waals surface area (Å²) in [5, 5.41) is 27.9. The second-order valence-corrected chi connectivity index (χ2v) is 16.4. The quantitative estimate of drug-likeness (QED) is 0.101. The number of aromatic nitrogens is 3. The van der Waals surface area contributed by atoms with Crippen molar-refractivity contribution in [2.24, 2.45) is 7.05 Å². The van der Waals surface area contributed by atoms with Crippen molar-refractivity contribution < 1.29 is 24.0 Å². The highest BCUT2D eigenvalue weighted by Gasteiger charge is 2.35. The summed E-state index contributed by atoms with van der Waals surface area (Å²) < 4.78 is 15.4. The minimum atomic E-state index is -0.467. The molecule has 0 N–H and O–H groups in total. The van der Waals surface area contributed by atoms with Crippen LogP contribution in [0.3, 0.4) is 0 Å². The van der Waals surface area contributed by atoms with E-state index in [9.17, 15) is 15.4 Å². The molecular formula is C48H48N8O6. The lowest BCUT2D eigenvalue weighted by molar-refractivity contribution is -0.384. The standard InChI is InChI=1S/C48H48N8O6/c1-32-42(48(58)53(30-37-12-6-4-10-34(37)27-49)38-15-14-35-28-50-55(44(35)25-38)46-13-7-8-20-62-46)26-45(51(32)2)43-24-39(56(59)60)16-17-41(43)47(57)54-29-36-11-5-3-9-33(36)23-40(54)31-52-18-21-61-22-19-52/h3-6,9-12,14-17,24-26,28,40,46H,7-8,13,18-23,29-31H2,1-2H3/t40-,46?/m0/s1. The third-order valence-corrected chi connectivity index (χ3v) is 12.7. The number of amides is 2. The lowest BCUT2D eigenvalue weighted by atomic mass is 9.92. The second-order valence-electron chi connectivity index (χ2n) is 16.4. The van der Waals surface area contributed by atoms with Crippen molar-refractivity contribution in [1.29, 1.82) is 5.26 Å². The molecule has 3 aliphatic rings. The first kappa shape index (κ1) is 40.7. The first-order valence-electron chi connectivity index (χ1n) is 21.2. The first-order chi connectivity index (χ1) is 30.2. The van der Waals surface area contributed by atoms with Crippen molar-refractivity contribution in [2.75, 3.05) is 44.4 Å². The fourth-order valence-corrected chi connectivity index (χ4v) is 9.15. The number of carbonyl (C=O) groups is 2. The predicted octanol–water partition coefficient (Wildman–Crippen LogP) is 7.58. The van der Waals surface area contributed by atoms with Crippen LogP contribution >= 0.6 is 0 Å². The highest BCUT2D eigenvalue weighted by molar-refractivity contribution is 6.09. The molecule has 5 heterocycles. The van der Waals surface area contributed by atoms with E-state index in [0.29, 0.717) is 84.2 Å². The molecule has 4 aromatic carbocycles. The predicted molar refractivity (Wildman–Crippen MR) is 234 cm³/mol. The molecule has 14 heteroatoms. The van der Waals surface area contributed by atoms with E-state index in [4.69, 9.17) is 9.47 Å². The number of rotatable bonds is 10. The minimum Gasteiger partial charge on any atom is -0.379 e. The number of morpholine rings is 1. The van der Waals surface area contributed by atoms with E-state index in [1.54, 1.807) is 42.4 Å². The van der Waals surface area contributed by atoms with Gasteiger partial charge < -0.3 is 23.8 Å². The summed E-state index contributed by atoms with van der Waals surface area (Å²) in [6.45, 7) is 6.44. The van der Waals surface area contributed by atoms with Gasteiger partial charge in [-0.05, 0) is 85.7 Å². The highest BCUT2D eigenvalue weighted by Crippen LogP contribution is 2.36. The average Bonchev–Trinajstić information content (AvgIpc) is 3.87. The molecule has 0 saturated carbocycles. The minimum absolute atomic E-state index is 0.0906. The third kappa shape index (κ3) is 7.86. The summed E-state index contributed by atoms with van der Waals surface area (Å²) in [6, 6.07) is 29.3. The summed E-state index contributed by atoms with van der Waals surface area (Å²) in [5.41, 5.74) is 6.74. The molecular weight excluding hydrogens is 785 g/mol. The van der Waals surface area contributed by atoms with Crippen molar-refractivity contribution in [2.45, 2.75) is 58.0 Å². The SMILES string of the molecule is Cc1c(C(=O)N(Cc2ccccc2C#N)c2ccc3cnn(C4CCCCO4)c3c2)cc(-c2cc([N+](=O)[O-])ccc2C(=O)N2Cc3ccccc3C[C@H]2CN2CCOCC2)n1C. The van der Waals surface area contributed by atoms with E-state index in [1.807, 2.05) is 69.6 Å². The Morgan fingerprint density at radius 3 is 2.52 bits per heavy atom. The zero-order valence-electron chi connectivity index (χ0n) is 34.9. The number of nitrogens with zero attached hydrogens (tertiary/aromatic N) is 8. The average molecular weight is 833 g/mol. The molecule has 2 amide bonds. The summed E-state index contributed by atoms with van der Waals surface area (Å²) in [6.07, 6.45) is 5.10. The molecule has 2 aromatic heterocycles. The lowest BCUT2D eigenvalue weighted by Crippen LogP contribution is -2.52. The van der Waals surface area contributed by atoms with Gasteiger partial charge in [0.25, 0.3) is 17.5 Å². The summed E-state index contributed by atoms with van der Waals surface area (Å²) >= 11 is 0. The van der Waals surface area contributed by atoms with Gasteiger partial charge in [0.05, 0.1) is 53.6 Å². The first-order valence-corrected chi connectivity index (χ1v) is 21.2. The van der Waals surface area contributed by atoms with Crippen LogP contribution < -0.4 is 4.90 Å². The molecule has 1 unspecified atom stereocenters. The van der Waals surface area contributed by atoms with Crippen LogP contribution in [0.1, 0.15) is 74.2 Å². The number of anilines is 1. The van der Waals surface area contributed by atoms with Crippen molar-refractivity contribution in [3.8, 4) is 17.3 Å². The Labute approximate surface area is 359 Å². The molecule has 9 rings (SSSR count). The van der Waals surface area contributed by atoms with E-state index in [2.05, 4.69) is 22.1 Å². The number of ether oxygens (including phenoxy) is 2. The van der Waals surface area contributed by atoms with Gasteiger partial charge in [0.1, 0.15) is 0 Å². The fraction of sp³-hybridized carbons (Fsp3) is 0.333. The van der Waals surface area contributed by atoms with E-state index in [-0.39, 0.29) is 36.3 Å². The zero-order chi connectivity index (χ0) is 42.9. The number of nitro benzene ring substituents is 1. The van der Waals surface area contributed by atoms with Crippen LogP contribution in [-0.4, -0.2) is 86.4 Å². The molecule has 62 heavy (non-hydrogen) atoms. The van der Waals surface area contributed by atoms with Gasteiger partial charge in [-0.3, -0.25) is 24.6 Å². The van der Waals surface area contributed by atoms with E-state index in [0.717, 1.165) is 48.8 Å². The Kier molecular flexibility index (Phi) is 11.4. The molecule has 2 atom stereocenters. The number of nitriles is 1. The summed E-state index contributed by atoms with van der Waals surface area (Å²) in [4.78, 5) is 48.0. The van der Waals surface area contributed by atoms with Gasteiger partial charge in [-0.25, -0.2) is 4.68 Å². The van der Waals surface area contributed by atoms with Crippen LogP contribution in [0.25, 0.3) is 22.2 Å². The number of hydrogen-bond acceptors (Lipinski definition) is 9. The summed E-state index contributed by atoms with van der Waals surface area (Å²) in [5.74, 6) is -0.580. The van der Waals surface area contributed by atoms with E-state index < -0.39 is 4.92 Å². The number of carbonyl (C=O) groups excluding carboxylic acids is 2. The lowest BCUT2D eigenvalue weighted by Gasteiger charge is -2.40. The van der Waals surface area contributed by atoms with Gasteiger partial charge in [0.2, 0.25) is 0 Å². The van der Waals surface area contributed by atoms with Crippen LogP contribution in [0.4, 0.5) is 11.4 Å². The fourth-order valence-electron chi connectivity index (χ4n) is 9.15. The molecule has 2 fully saturated rings. The van der Waals surface area contributed by atoms with Gasteiger partial charge >= 0.3 is 0 Å². The number of fused-ring (bicyclic) bond motifs is 2. The van der Waals surface area contributed by atoms with Crippen molar-refractivity contribution in [3.63, 3.8) is 0 Å². The van der Waals surface area contributed by atoms with Gasteiger partial charge in [0, 0.05) is 91.6 Å². The van der Waals surface area contributed by atoms with Crippen LogP contribution in [0.15, 0.2) is 97.2 Å². The Bertz CT molecular complexity index is 2720. The second kappa shape index (κ2) is 17.4. The van der Waals surface area contributed by atoms with Crippen molar-refractivity contribution in [3.05, 3.63) is 146 Å². The van der Waals surface area contributed by atoms with Crippen LogP contribution in [-0.2, 0) is 36.0 Å². The Morgan fingerprint density at radius 1 is 0.952 bits per heavy atom. The third-order valence-electron chi connectivity index (χ3n) is 12.7. The molecule has 0 aliphatic carbocycles. The van der Waals surface area contributed by atoms with Crippen LogP contribution in [0.5, 0.6) is 0 Å². The van der Waals surface area contributed by atoms with Gasteiger partial charge in [-0.15, -0.1) is 0 Å². The van der Waals surface area contributed by atoms with Crippen molar-refractivity contribution >= 4 is 34.1 Å². The Hall–Kier alpha value is -6.66. The normalized spacial score (nSPS) is 18.0. The molecule has 6 aromatic rings. The number of hydrogen-bond donors (Lipinski definition) is 0. The molecule has 2 saturated heterocycles. The number of benzene rings is 4. The highest BCUT2D eigenvalue weighted by atomic mass is 16.6. The molecule has 316 valence electrons. The molecule has 14 nitrogen and oxygen atoms in total. The maximum atomic E-state index is 15.2. The largest absolute Gasteiger partial charge is 0.379 e. The van der Waals surface area contributed by atoms with Crippen LogP contribution in [0, 0.1) is 28.4 Å². The smallest absolute Gasteiger partial charge is 0.270 e. The maximum Gasteiger partial charge on any atom is 0.270 e. The zero-order valence-corrected chi connectivity index (χ0v) is 34.9. The van der Waals surface area contributed by atoms with E-state index in [1.165, 1.54) is 17.7 Å². The van der Waals surface area contributed by atoms with Crippen LogP contribution in [0.2, 0.25) is 0 Å². The van der Waals surface area contributed by atoms with Crippen molar-refractivity contribution in [1.82, 2.24) is 24.1 Å². The maximum absolute atomic E-state index is 15.2. The molecule has 0 spiro atoms. The van der Waals surface area contributed by atoms with Gasteiger partial charge in [-0.1, -0.05) is 42.5 Å². The Balaban J connectivity index is 1.12. The van der Waals surface area contributed by atoms with E-state index >= 15 is 9.59 Å². The monoisotopic (exact) mass is 832 g/mol. The topological polar surface area (TPSA) is 152 Å². The van der Waals surface area contributed by atoms with Gasteiger partial charge in [-0.2, -0.15) is 10.4 Å². The van der Waals surface area contributed by atoms with Gasteiger partial charge in [0.15, 0.2) is 6.23 Å². The summed E-state index contributed by atoms with van der Waals surface area (Å²) in [7, 11) is 1.80. The Morgan fingerprint density at radius 2 is 1.74 bits per heavy atom. The number of nitro groups is 1.